The molecule has 0 aromatic heterocycles. The number of nitrogens with zero attached hydrogens (tertiary/aromatic N) is 1. The van der Waals surface area contributed by atoms with Crippen molar-refractivity contribution in [3.05, 3.63) is 53.1 Å². The summed E-state index contributed by atoms with van der Waals surface area (Å²) in [6.45, 7) is 4.03. The number of carbonyl (C=O) groups excluding carboxylic acids is 1. The lowest BCUT2D eigenvalue weighted by Gasteiger charge is -2.26. The zero-order valence-electron chi connectivity index (χ0n) is 18.6. The quantitative estimate of drug-likeness (QED) is 0.688. The van der Waals surface area contributed by atoms with E-state index in [1.165, 1.54) is 24.0 Å². The minimum Gasteiger partial charge on any atom is -0.486 e. The monoisotopic (exact) mass is 458 g/mol. The molecule has 0 radical (unpaired) electrons. The van der Waals surface area contributed by atoms with Crippen LogP contribution in [0.3, 0.4) is 0 Å². The number of ether oxygens (including phenoxy) is 2. The Morgan fingerprint density at radius 2 is 1.75 bits per heavy atom. The van der Waals surface area contributed by atoms with E-state index in [1.54, 1.807) is 25.1 Å². The van der Waals surface area contributed by atoms with Gasteiger partial charge >= 0.3 is 0 Å². The molecule has 4 rings (SSSR count). The van der Waals surface area contributed by atoms with Crippen molar-refractivity contribution in [1.82, 2.24) is 5.32 Å². The summed E-state index contributed by atoms with van der Waals surface area (Å²) < 4.78 is 37.8. The maximum Gasteiger partial charge on any atom is 0.241 e. The molecule has 0 spiro atoms. The van der Waals surface area contributed by atoms with Gasteiger partial charge in [0.05, 0.1) is 17.5 Å². The van der Waals surface area contributed by atoms with Crippen molar-refractivity contribution in [2.75, 3.05) is 29.8 Å². The Morgan fingerprint density at radius 1 is 1.03 bits per heavy atom. The zero-order chi connectivity index (χ0) is 22.7. The second-order valence-electron chi connectivity index (χ2n) is 8.26. The normalized spacial score (nSPS) is 16.1. The van der Waals surface area contributed by atoms with Crippen LogP contribution in [0.15, 0.2) is 36.4 Å². The van der Waals surface area contributed by atoms with Crippen molar-refractivity contribution >= 4 is 21.6 Å². The minimum absolute atomic E-state index is 0.116. The molecule has 0 saturated carbocycles. The summed E-state index contributed by atoms with van der Waals surface area (Å²) in [5.74, 6) is 0.573. The van der Waals surface area contributed by atoms with Crippen LogP contribution in [-0.2, 0) is 27.7 Å². The van der Waals surface area contributed by atoms with Gasteiger partial charge in [0, 0.05) is 6.07 Å². The number of aryl methyl sites for hydroxylation is 2. The van der Waals surface area contributed by atoms with Crippen molar-refractivity contribution in [3.8, 4) is 11.5 Å². The maximum absolute atomic E-state index is 12.9. The second-order valence-corrected chi connectivity index (χ2v) is 10.4. The maximum atomic E-state index is 12.9. The predicted molar refractivity (Wildman–Crippen MR) is 124 cm³/mol. The van der Waals surface area contributed by atoms with Crippen LogP contribution in [0.4, 0.5) is 5.69 Å². The SMILES string of the molecule is CCS(=O)(=O)N(CC(=O)NC(C)c1ccc2c(c1)CCCC2)c1ccc2c(c1)OCCO2. The molecule has 172 valence electrons. The second kappa shape index (κ2) is 9.40. The molecule has 8 heteroatoms. The highest BCUT2D eigenvalue weighted by atomic mass is 32.2. The summed E-state index contributed by atoms with van der Waals surface area (Å²) in [6.07, 6.45) is 4.59. The first-order valence-electron chi connectivity index (χ1n) is 11.2. The Labute approximate surface area is 189 Å². The Bertz CT molecular complexity index is 1100. The molecule has 32 heavy (non-hydrogen) atoms. The van der Waals surface area contributed by atoms with E-state index in [0.717, 1.165) is 22.7 Å². The van der Waals surface area contributed by atoms with Crippen LogP contribution in [0.1, 0.15) is 49.4 Å². The fourth-order valence-corrected chi connectivity index (χ4v) is 5.28. The Hall–Kier alpha value is -2.74. The van der Waals surface area contributed by atoms with E-state index in [4.69, 9.17) is 9.47 Å². The van der Waals surface area contributed by atoms with Gasteiger partial charge in [-0.15, -0.1) is 0 Å². The lowest BCUT2D eigenvalue weighted by Crippen LogP contribution is -2.42. The highest BCUT2D eigenvalue weighted by Crippen LogP contribution is 2.35. The number of hydrogen-bond donors (Lipinski definition) is 1. The van der Waals surface area contributed by atoms with Crippen LogP contribution >= 0.6 is 0 Å². The largest absolute Gasteiger partial charge is 0.486 e. The number of rotatable bonds is 7. The Kier molecular flexibility index (Phi) is 6.60. The van der Waals surface area contributed by atoms with Crippen molar-refractivity contribution in [2.45, 2.75) is 45.6 Å². The van der Waals surface area contributed by atoms with Gasteiger partial charge in [0.15, 0.2) is 11.5 Å². The van der Waals surface area contributed by atoms with Gasteiger partial charge < -0.3 is 14.8 Å². The Balaban J connectivity index is 1.50. The van der Waals surface area contributed by atoms with Crippen molar-refractivity contribution in [2.24, 2.45) is 0 Å². The molecular weight excluding hydrogens is 428 g/mol. The standard InChI is InChI=1S/C24H30N2O5S/c1-3-32(28,29)26(21-10-11-22-23(15-21)31-13-12-30-22)16-24(27)25-17(2)19-9-8-18-6-4-5-7-20(18)14-19/h8-11,14-15,17H,3-7,12-13,16H2,1-2H3,(H,25,27). The van der Waals surface area contributed by atoms with Gasteiger partial charge in [-0.2, -0.15) is 0 Å². The first-order valence-corrected chi connectivity index (χ1v) is 12.8. The highest BCUT2D eigenvalue weighted by Gasteiger charge is 2.26. The van der Waals surface area contributed by atoms with E-state index >= 15 is 0 Å². The number of hydrogen-bond acceptors (Lipinski definition) is 5. The number of nitrogens with one attached hydrogen (secondary N) is 1. The fraction of sp³-hybridized carbons (Fsp3) is 0.458. The number of carbonyl (C=O) groups is 1. The molecule has 0 fully saturated rings. The lowest BCUT2D eigenvalue weighted by atomic mass is 9.89. The van der Waals surface area contributed by atoms with Gasteiger partial charge in [-0.1, -0.05) is 18.2 Å². The molecule has 2 aromatic rings. The predicted octanol–water partition coefficient (Wildman–Crippen LogP) is 3.37. The van der Waals surface area contributed by atoms with Crippen LogP contribution in [0.25, 0.3) is 0 Å². The van der Waals surface area contributed by atoms with E-state index in [1.807, 2.05) is 6.92 Å². The summed E-state index contributed by atoms with van der Waals surface area (Å²) in [7, 11) is -3.67. The van der Waals surface area contributed by atoms with E-state index in [0.29, 0.717) is 30.4 Å². The van der Waals surface area contributed by atoms with Crippen LogP contribution < -0.4 is 19.1 Å². The van der Waals surface area contributed by atoms with Crippen LogP contribution in [-0.4, -0.2) is 39.8 Å². The average molecular weight is 459 g/mol. The Morgan fingerprint density at radius 3 is 2.50 bits per heavy atom. The summed E-state index contributed by atoms with van der Waals surface area (Å²) in [5, 5.41) is 2.96. The molecule has 1 amide bonds. The summed E-state index contributed by atoms with van der Waals surface area (Å²) in [6, 6.07) is 11.1. The van der Waals surface area contributed by atoms with Gasteiger partial charge in [0.25, 0.3) is 0 Å². The number of benzene rings is 2. The van der Waals surface area contributed by atoms with E-state index in [-0.39, 0.29) is 24.2 Å². The van der Waals surface area contributed by atoms with Gasteiger partial charge in [0.2, 0.25) is 15.9 Å². The third-order valence-corrected chi connectivity index (χ3v) is 7.79. The van der Waals surface area contributed by atoms with Crippen LogP contribution in [0, 0.1) is 0 Å². The van der Waals surface area contributed by atoms with Crippen LogP contribution in [0.5, 0.6) is 11.5 Å². The molecule has 2 aliphatic rings. The summed E-state index contributed by atoms with van der Waals surface area (Å²) in [4.78, 5) is 12.9. The van der Waals surface area contributed by atoms with Gasteiger partial charge in [0.1, 0.15) is 19.8 Å². The first-order chi connectivity index (χ1) is 15.4. The molecule has 1 aliphatic carbocycles. The van der Waals surface area contributed by atoms with Crippen molar-refractivity contribution < 1.29 is 22.7 Å². The third-order valence-electron chi connectivity index (χ3n) is 6.05. The number of amides is 1. The molecule has 0 bridgehead atoms. The fourth-order valence-electron chi connectivity index (χ4n) is 4.22. The summed E-state index contributed by atoms with van der Waals surface area (Å²) in [5.41, 5.74) is 4.15. The average Bonchev–Trinajstić information content (AvgIpc) is 2.81. The molecule has 0 saturated heterocycles. The number of fused-ring (bicyclic) bond motifs is 2. The van der Waals surface area contributed by atoms with E-state index in [2.05, 4.69) is 23.5 Å². The van der Waals surface area contributed by atoms with Crippen molar-refractivity contribution in [3.63, 3.8) is 0 Å². The molecule has 2 aromatic carbocycles. The molecule has 1 unspecified atom stereocenters. The third kappa shape index (κ3) is 4.85. The molecule has 1 atom stereocenters. The smallest absolute Gasteiger partial charge is 0.241 e. The highest BCUT2D eigenvalue weighted by molar-refractivity contribution is 7.92. The summed E-state index contributed by atoms with van der Waals surface area (Å²) >= 11 is 0. The van der Waals surface area contributed by atoms with Gasteiger partial charge in [-0.3, -0.25) is 9.10 Å². The van der Waals surface area contributed by atoms with E-state index < -0.39 is 10.0 Å². The first kappa shape index (κ1) is 22.5. The number of anilines is 1. The molecule has 1 aliphatic heterocycles. The molecule has 7 nitrogen and oxygen atoms in total. The molecular formula is C24H30N2O5S. The number of sulfonamides is 1. The van der Waals surface area contributed by atoms with E-state index in [9.17, 15) is 13.2 Å². The topological polar surface area (TPSA) is 84.9 Å². The van der Waals surface area contributed by atoms with Crippen LogP contribution in [0.2, 0.25) is 0 Å². The van der Waals surface area contributed by atoms with Gasteiger partial charge in [-0.05, 0) is 68.4 Å². The minimum atomic E-state index is -3.67. The van der Waals surface area contributed by atoms with Crippen molar-refractivity contribution in [1.29, 1.82) is 0 Å². The zero-order valence-corrected chi connectivity index (χ0v) is 19.4. The lowest BCUT2D eigenvalue weighted by molar-refractivity contribution is -0.120. The van der Waals surface area contributed by atoms with Gasteiger partial charge in [-0.25, -0.2) is 8.42 Å². The molecule has 1 N–H and O–H groups in total. The molecule has 1 heterocycles.